The average Bonchev–Trinajstić information content (AvgIpc) is 2.61. The molecule has 1 aromatic heterocycles. The van der Waals surface area contributed by atoms with Crippen LogP contribution in [-0.4, -0.2) is 36.9 Å². The molecule has 1 N–H and O–H groups in total. The fraction of sp³-hybridized carbons (Fsp3) is 0.533. The molecule has 120 valence electrons. The van der Waals surface area contributed by atoms with Gasteiger partial charge in [0.25, 0.3) is 0 Å². The number of halogens is 2. The van der Waals surface area contributed by atoms with Crippen molar-refractivity contribution in [3.8, 4) is 0 Å². The second-order valence-corrected chi connectivity index (χ2v) is 7.10. The van der Waals surface area contributed by atoms with Gasteiger partial charge in [-0.3, -0.25) is 0 Å². The molecule has 22 heavy (non-hydrogen) atoms. The standard InChI is InChI=1S/C15H21BCl2N2O2/c1-14(2)15(3,4)22-16(21-14)11(9-19-5)8-10-6-7-12(17)20-13(10)18/h6-8,19H,9H2,1-5H3. The molecule has 1 fully saturated rings. The van der Waals surface area contributed by atoms with Gasteiger partial charge >= 0.3 is 7.12 Å². The molecule has 1 aromatic rings. The summed E-state index contributed by atoms with van der Waals surface area (Å²) in [5, 5.41) is 3.86. The molecule has 0 amide bonds. The Hall–Kier alpha value is -0.585. The van der Waals surface area contributed by atoms with Crippen molar-refractivity contribution in [1.82, 2.24) is 10.3 Å². The van der Waals surface area contributed by atoms with Gasteiger partial charge in [0.15, 0.2) is 0 Å². The zero-order chi connectivity index (χ0) is 16.5. The zero-order valence-corrected chi connectivity index (χ0v) is 15.0. The number of aromatic nitrogens is 1. The molecule has 1 aliphatic rings. The zero-order valence-electron chi connectivity index (χ0n) is 13.5. The van der Waals surface area contributed by atoms with Gasteiger partial charge < -0.3 is 14.6 Å². The third-order valence-corrected chi connectivity index (χ3v) is 4.63. The Bertz CT molecular complexity index is 575. The van der Waals surface area contributed by atoms with E-state index >= 15 is 0 Å². The summed E-state index contributed by atoms with van der Waals surface area (Å²) in [6.45, 7) is 8.74. The van der Waals surface area contributed by atoms with Crippen molar-refractivity contribution in [3.05, 3.63) is 33.5 Å². The van der Waals surface area contributed by atoms with Gasteiger partial charge in [-0.2, -0.15) is 0 Å². The van der Waals surface area contributed by atoms with E-state index in [0.29, 0.717) is 16.9 Å². The molecular formula is C15H21BCl2N2O2. The molecule has 0 bridgehead atoms. The first kappa shape index (κ1) is 17.8. The number of hydrogen-bond acceptors (Lipinski definition) is 4. The lowest BCUT2D eigenvalue weighted by molar-refractivity contribution is 0.00578. The van der Waals surface area contributed by atoms with Crippen LogP contribution in [0.1, 0.15) is 33.3 Å². The van der Waals surface area contributed by atoms with Crippen molar-refractivity contribution in [2.45, 2.75) is 38.9 Å². The van der Waals surface area contributed by atoms with Crippen LogP contribution in [0.25, 0.3) is 6.08 Å². The Morgan fingerprint density at radius 1 is 1.23 bits per heavy atom. The lowest BCUT2D eigenvalue weighted by atomic mass is 9.77. The first-order chi connectivity index (χ1) is 10.2. The van der Waals surface area contributed by atoms with Crippen molar-refractivity contribution in [3.63, 3.8) is 0 Å². The van der Waals surface area contributed by atoms with Crippen molar-refractivity contribution >= 4 is 36.4 Å². The van der Waals surface area contributed by atoms with E-state index < -0.39 is 7.12 Å². The highest BCUT2D eigenvalue weighted by Gasteiger charge is 2.52. The van der Waals surface area contributed by atoms with Crippen LogP contribution in [-0.2, 0) is 9.31 Å². The van der Waals surface area contributed by atoms with E-state index in [4.69, 9.17) is 32.5 Å². The summed E-state index contributed by atoms with van der Waals surface area (Å²) in [7, 11) is 1.45. The van der Waals surface area contributed by atoms with E-state index in [-0.39, 0.29) is 11.2 Å². The van der Waals surface area contributed by atoms with Crippen molar-refractivity contribution in [2.75, 3.05) is 13.6 Å². The Labute approximate surface area is 142 Å². The number of nitrogens with zero attached hydrogens (tertiary/aromatic N) is 1. The molecule has 2 heterocycles. The minimum atomic E-state index is -0.427. The van der Waals surface area contributed by atoms with Gasteiger partial charge in [-0.25, -0.2) is 4.98 Å². The Kier molecular flexibility index (Phi) is 5.25. The molecule has 0 radical (unpaired) electrons. The Morgan fingerprint density at radius 2 is 1.82 bits per heavy atom. The van der Waals surface area contributed by atoms with Crippen LogP contribution in [0.3, 0.4) is 0 Å². The van der Waals surface area contributed by atoms with Gasteiger partial charge in [-0.1, -0.05) is 29.3 Å². The fourth-order valence-electron chi connectivity index (χ4n) is 2.13. The molecule has 0 unspecified atom stereocenters. The maximum atomic E-state index is 6.15. The number of rotatable bonds is 4. The van der Waals surface area contributed by atoms with Crippen molar-refractivity contribution < 1.29 is 9.31 Å². The maximum Gasteiger partial charge on any atom is 0.491 e. The van der Waals surface area contributed by atoms with E-state index in [0.717, 1.165) is 11.0 Å². The van der Waals surface area contributed by atoms with Crippen LogP contribution in [0.15, 0.2) is 17.6 Å². The third-order valence-electron chi connectivity index (χ3n) is 4.12. The molecule has 0 spiro atoms. The molecular weight excluding hydrogens is 322 g/mol. The van der Waals surface area contributed by atoms with E-state index in [1.165, 1.54) is 0 Å². The quantitative estimate of drug-likeness (QED) is 0.670. The van der Waals surface area contributed by atoms with Gasteiger partial charge in [-0.05, 0) is 52.3 Å². The molecule has 0 aliphatic carbocycles. The summed E-state index contributed by atoms with van der Waals surface area (Å²) >= 11 is 12.0. The highest BCUT2D eigenvalue weighted by Crippen LogP contribution is 2.38. The normalized spacial score (nSPS) is 20.5. The summed E-state index contributed by atoms with van der Waals surface area (Å²) in [4.78, 5) is 4.05. The van der Waals surface area contributed by atoms with Gasteiger partial charge in [0.2, 0.25) is 0 Å². The van der Waals surface area contributed by atoms with E-state index in [1.807, 2.05) is 46.9 Å². The number of nitrogens with one attached hydrogen (secondary N) is 1. The maximum absolute atomic E-state index is 6.15. The van der Waals surface area contributed by atoms with Crippen LogP contribution >= 0.6 is 23.2 Å². The van der Waals surface area contributed by atoms with Gasteiger partial charge in [0.05, 0.1) is 11.2 Å². The largest absolute Gasteiger partial charge is 0.491 e. The molecule has 2 rings (SSSR count). The number of pyridine rings is 1. The predicted molar refractivity (Wildman–Crippen MR) is 92.2 cm³/mol. The molecule has 0 aromatic carbocycles. The van der Waals surface area contributed by atoms with Crippen LogP contribution in [0.5, 0.6) is 0 Å². The van der Waals surface area contributed by atoms with Gasteiger partial charge in [-0.15, -0.1) is 0 Å². The van der Waals surface area contributed by atoms with E-state index in [2.05, 4.69) is 10.3 Å². The van der Waals surface area contributed by atoms with E-state index in [9.17, 15) is 0 Å². The van der Waals surface area contributed by atoms with Crippen LogP contribution in [0.2, 0.25) is 10.3 Å². The Morgan fingerprint density at radius 3 is 2.32 bits per heavy atom. The SMILES string of the molecule is CNCC(=Cc1ccc(Cl)nc1Cl)B1OC(C)(C)C(C)(C)O1. The lowest BCUT2D eigenvalue weighted by Gasteiger charge is -2.32. The van der Waals surface area contributed by atoms with E-state index in [1.54, 1.807) is 6.07 Å². The number of hydrogen-bond donors (Lipinski definition) is 1. The third kappa shape index (κ3) is 3.66. The topological polar surface area (TPSA) is 43.4 Å². The van der Waals surface area contributed by atoms with Gasteiger partial charge in [0, 0.05) is 12.1 Å². The molecule has 0 atom stereocenters. The van der Waals surface area contributed by atoms with Crippen LogP contribution in [0.4, 0.5) is 0 Å². The summed E-state index contributed by atoms with van der Waals surface area (Å²) in [6.07, 6.45) is 1.93. The highest BCUT2D eigenvalue weighted by molar-refractivity contribution is 6.56. The lowest BCUT2D eigenvalue weighted by Crippen LogP contribution is -2.41. The summed E-state index contributed by atoms with van der Waals surface area (Å²) in [6, 6.07) is 3.54. The van der Waals surface area contributed by atoms with Crippen LogP contribution in [0, 0.1) is 0 Å². The van der Waals surface area contributed by atoms with Crippen LogP contribution < -0.4 is 5.32 Å². The first-order valence-corrected chi connectivity index (χ1v) is 7.94. The first-order valence-electron chi connectivity index (χ1n) is 7.19. The number of likely N-dealkylation sites (N-methyl/N-ethyl adjacent to an activating group) is 1. The highest BCUT2D eigenvalue weighted by atomic mass is 35.5. The molecule has 0 saturated carbocycles. The molecule has 1 saturated heterocycles. The minimum absolute atomic E-state index is 0.359. The molecule has 1 aliphatic heterocycles. The smallest absolute Gasteiger partial charge is 0.400 e. The van der Waals surface area contributed by atoms with Gasteiger partial charge in [0.1, 0.15) is 10.3 Å². The minimum Gasteiger partial charge on any atom is -0.400 e. The summed E-state index contributed by atoms with van der Waals surface area (Å²) in [5.74, 6) is 0. The monoisotopic (exact) mass is 342 g/mol. The average molecular weight is 343 g/mol. The Balaban J connectivity index is 2.33. The summed E-state index contributed by atoms with van der Waals surface area (Å²) in [5.41, 5.74) is 0.970. The van der Waals surface area contributed by atoms with Crippen molar-refractivity contribution in [2.24, 2.45) is 0 Å². The summed E-state index contributed by atoms with van der Waals surface area (Å²) < 4.78 is 12.2. The fourth-order valence-corrected chi connectivity index (χ4v) is 2.53. The predicted octanol–water partition coefficient (Wildman–Crippen LogP) is 3.62. The van der Waals surface area contributed by atoms with Crippen molar-refractivity contribution in [1.29, 1.82) is 0 Å². The molecule has 7 heteroatoms. The second kappa shape index (κ2) is 6.50. The second-order valence-electron chi connectivity index (χ2n) is 6.35. The molecule has 4 nitrogen and oxygen atoms in total.